The third-order valence-corrected chi connectivity index (χ3v) is 3.58. The Hall–Kier alpha value is 0.350. The van der Waals surface area contributed by atoms with Crippen molar-refractivity contribution in [2.75, 3.05) is 12.0 Å². The highest BCUT2D eigenvalue weighted by molar-refractivity contribution is 7.98. The number of hydrogen-bond donors (Lipinski definition) is 0. The normalized spacial score (nSPS) is 12.0. The van der Waals surface area contributed by atoms with Crippen molar-refractivity contribution in [1.82, 2.24) is 0 Å². The summed E-state index contributed by atoms with van der Waals surface area (Å²) in [4.78, 5) is 0. The summed E-state index contributed by atoms with van der Waals surface area (Å²) >= 11 is 1.97. The first-order chi connectivity index (χ1) is 6.62. The quantitative estimate of drug-likeness (QED) is 0.482. The molecule has 0 saturated heterocycles. The van der Waals surface area contributed by atoms with Crippen LogP contribution in [0.4, 0.5) is 0 Å². The van der Waals surface area contributed by atoms with Crippen LogP contribution in [0.2, 0.25) is 0 Å². The van der Waals surface area contributed by atoms with Gasteiger partial charge in [-0.15, -0.1) is 0 Å². The number of unbranched alkanes of at least 4 members (excludes halogenated alkanes) is 3. The molecule has 0 aromatic rings. The Labute approximate surface area is 95.2 Å². The van der Waals surface area contributed by atoms with E-state index in [4.69, 9.17) is 0 Å². The van der Waals surface area contributed by atoms with E-state index in [9.17, 15) is 0 Å². The molecular formula is C13H28S. The molecule has 14 heavy (non-hydrogen) atoms. The van der Waals surface area contributed by atoms with Crippen LogP contribution >= 0.6 is 11.8 Å². The first-order valence-electron chi connectivity index (χ1n) is 6.11. The van der Waals surface area contributed by atoms with Gasteiger partial charge in [0.1, 0.15) is 0 Å². The molecule has 0 aromatic heterocycles. The Kier molecular flexibility index (Phi) is 8.86. The molecule has 0 nitrogen and oxygen atoms in total. The second kappa shape index (κ2) is 8.64. The van der Waals surface area contributed by atoms with Gasteiger partial charge in [0.05, 0.1) is 0 Å². The zero-order valence-electron chi connectivity index (χ0n) is 10.6. The third-order valence-electron chi connectivity index (χ3n) is 2.88. The van der Waals surface area contributed by atoms with Crippen molar-refractivity contribution in [2.45, 2.75) is 65.7 Å². The van der Waals surface area contributed by atoms with Gasteiger partial charge in [-0.2, -0.15) is 11.8 Å². The summed E-state index contributed by atoms with van der Waals surface area (Å²) in [6.07, 6.45) is 12.1. The lowest BCUT2D eigenvalue weighted by Crippen LogP contribution is -2.10. The lowest BCUT2D eigenvalue weighted by Gasteiger charge is -2.23. The number of thioether (sulfide) groups is 1. The molecule has 0 aliphatic rings. The van der Waals surface area contributed by atoms with Crippen molar-refractivity contribution in [2.24, 2.45) is 5.41 Å². The van der Waals surface area contributed by atoms with Crippen LogP contribution in [0.25, 0.3) is 0 Å². The van der Waals surface area contributed by atoms with E-state index >= 15 is 0 Å². The fourth-order valence-corrected chi connectivity index (χ4v) is 2.50. The van der Waals surface area contributed by atoms with Gasteiger partial charge in [-0.05, 0) is 36.7 Å². The molecule has 0 amide bonds. The average molecular weight is 216 g/mol. The van der Waals surface area contributed by atoms with Crippen molar-refractivity contribution in [3.05, 3.63) is 0 Å². The fraction of sp³-hybridized carbons (Fsp3) is 1.00. The molecule has 0 saturated carbocycles. The molecule has 0 radical (unpaired) electrons. The largest absolute Gasteiger partial charge is 0.165 e. The topological polar surface area (TPSA) is 0 Å². The Balaban J connectivity index is 3.26. The lowest BCUT2D eigenvalue weighted by molar-refractivity contribution is 0.291. The maximum Gasteiger partial charge on any atom is -0.00703 e. The highest BCUT2D eigenvalue weighted by Gasteiger charge is 2.15. The Morgan fingerprint density at radius 3 is 2.14 bits per heavy atom. The van der Waals surface area contributed by atoms with Gasteiger partial charge < -0.3 is 0 Å². The molecule has 0 bridgehead atoms. The van der Waals surface area contributed by atoms with Gasteiger partial charge in [-0.25, -0.2) is 0 Å². The molecule has 0 spiro atoms. The Bertz CT molecular complexity index is 118. The fourth-order valence-electron chi connectivity index (χ4n) is 2.01. The summed E-state index contributed by atoms with van der Waals surface area (Å²) < 4.78 is 0. The van der Waals surface area contributed by atoms with Crippen LogP contribution in [0.1, 0.15) is 65.7 Å². The van der Waals surface area contributed by atoms with E-state index in [1.807, 2.05) is 11.8 Å². The van der Waals surface area contributed by atoms with Crippen molar-refractivity contribution >= 4 is 11.8 Å². The van der Waals surface area contributed by atoms with Crippen LogP contribution in [0.5, 0.6) is 0 Å². The van der Waals surface area contributed by atoms with Crippen LogP contribution in [-0.2, 0) is 0 Å². The van der Waals surface area contributed by atoms with Crippen LogP contribution in [0.3, 0.4) is 0 Å². The first kappa shape index (κ1) is 14.3. The second-order valence-corrected chi connectivity index (χ2v) is 6.06. The summed E-state index contributed by atoms with van der Waals surface area (Å²) in [6, 6.07) is 0. The van der Waals surface area contributed by atoms with E-state index in [1.54, 1.807) is 0 Å². The van der Waals surface area contributed by atoms with Crippen LogP contribution in [0, 0.1) is 5.41 Å². The van der Waals surface area contributed by atoms with Gasteiger partial charge in [-0.3, -0.25) is 0 Å². The zero-order valence-corrected chi connectivity index (χ0v) is 11.4. The van der Waals surface area contributed by atoms with Crippen LogP contribution in [0.15, 0.2) is 0 Å². The minimum atomic E-state index is 0.592. The average Bonchev–Trinajstić information content (AvgIpc) is 2.11. The van der Waals surface area contributed by atoms with Crippen molar-refractivity contribution in [1.29, 1.82) is 0 Å². The maximum atomic E-state index is 2.42. The lowest BCUT2D eigenvalue weighted by atomic mass is 9.83. The Morgan fingerprint density at radius 1 is 0.929 bits per heavy atom. The summed E-state index contributed by atoms with van der Waals surface area (Å²) in [5.74, 6) is 1.35. The standard InChI is InChI=1S/C13H28S/c1-5-10-13(2,3)11-8-6-7-9-12-14-4/h5-12H2,1-4H3. The molecule has 0 aliphatic heterocycles. The minimum absolute atomic E-state index is 0.592. The van der Waals surface area contributed by atoms with Gasteiger partial charge in [0.15, 0.2) is 0 Å². The number of hydrogen-bond acceptors (Lipinski definition) is 1. The summed E-state index contributed by atoms with van der Waals surface area (Å²) in [7, 11) is 0. The Morgan fingerprint density at radius 2 is 1.57 bits per heavy atom. The van der Waals surface area contributed by atoms with Gasteiger partial charge in [0, 0.05) is 0 Å². The summed E-state index contributed by atoms with van der Waals surface area (Å²) in [6.45, 7) is 7.12. The van der Waals surface area contributed by atoms with Crippen LogP contribution < -0.4 is 0 Å². The van der Waals surface area contributed by atoms with Gasteiger partial charge in [0.2, 0.25) is 0 Å². The van der Waals surface area contributed by atoms with Gasteiger partial charge in [-0.1, -0.05) is 46.5 Å². The predicted octanol–water partition coefficient (Wildman–Crippen LogP) is 5.13. The van der Waals surface area contributed by atoms with Crippen molar-refractivity contribution in [3.8, 4) is 0 Å². The molecule has 1 heteroatoms. The zero-order chi connectivity index (χ0) is 10.9. The number of rotatable bonds is 9. The highest BCUT2D eigenvalue weighted by Crippen LogP contribution is 2.29. The molecular weight excluding hydrogens is 188 g/mol. The predicted molar refractivity (Wildman–Crippen MR) is 70.2 cm³/mol. The summed E-state index contributed by atoms with van der Waals surface area (Å²) in [5.41, 5.74) is 0.592. The van der Waals surface area contributed by atoms with E-state index in [2.05, 4.69) is 27.0 Å². The molecule has 0 fully saturated rings. The molecule has 0 aromatic carbocycles. The van der Waals surface area contributed by atoms with E-state index < -0.39 is 0 Å². The van der Waals surface area contributed by atoms with Crippen molar-refractivity contribution in [3.63, 3.8) is 0 Å². The SMILES string of the molecule is CCCC(C)(C)CCCCCCSC. The highest BCUT2D eigenvalue weighted by atomic mass is 32.2. The second-order valence-electron chi connectivity index (χ2n) is 5.07. The minimum Gasteiger partial charge on any atom is -0.165 e. The first-order valence-corrected chi connectivity index (χ1v) is 7.50. The molecule has 0 rings (SSSR count). The monoisotopic (exact) mass is 216 g/mol. The molecule has 0 N–H and O–H groups in total. The van der Waals surface area contributed by atoms with Gasteiger partial charge >= 0.3 is 0 Å². The van der Waals surface area contributed by atoms with E-state index in [1.165, 1.54) is 50.7 Å². The molecule has 0 unspecified atom stereocenters. The van der Waals surface area contributed by atoms with E-state index in [0.717, 1.165) is 0 Å². The smallest absolute Gasteiger partial charge is 0.00703 e. The summed E-state index contributed by atoms with van der Waals surface area (Å²) in [5, 5.41) is 0. The van der Waals surface area contributed by atoms with E-state index in [0.29, 0.717) is 5.41 Å². The third kappa shape index (κ3) is 8.93. The van der Waals surface area contributed by atoms with Crippen molar-refractivity contribution < 1.29 is 0 Å². The maximum absolute atomic E-state index is 2.42. The molecule has 0 atom stereocenters. The molecule has 0 heterocycles. The van der Waals surface area contributed by atoms with Gasteiger partial charge in [0.25, 0.3) is 0 Å². The van der Waals surface area contributed by atoms with E-state index in [-0.39, 0.29) is 0 Å². The molecule has 86 valence electrons. The van der Waals surface area contributed by atoms with Crippen LogP contribution in [-0.4, -0.2) is 12.0 Å². The molecule has 0 aliphatic carbocycles.